The molecule has 98 valence electrons. The van der Waals surface area contributed by atoms with Crippen LogP contribution in [0.15, 0.2) is 30.3 Å². The zero-order chi connectivity index (χ0) is 13.0. The third-order valence-corrected chi connectivity index (χ3v) is 3.18. The fraction of sp³-hybridized carbons (Fsp3) is 0.500. The molecule has 1 heterocycles. The van der Waals surface area contributed by atoms with Gasteiger partial charge in [0.05, 0.1) is 25.7 Å². The van der Waals surface area contributed by atoms with Crippen LogP contribution in [-0.4, -0.2) is 31.3 Å². The van der Waals surface area contributed by atoms with Crippen molar-refractivity contribution in [3.63, 3.8) is 0 Å². The van der Waals surface area contributed by atoms with Gasteiger partial charge in [-0.1, -0.05) is 30.3 Å². The number of rotatable bonds is 6. The Labute approximate surface area is 107 Å². The predicted octanol–water partition coefficient (Wildman–Crippen LogP) is 1.50. The zero-order valence-electron chi connectivity index (χ0n) is 10.8. The van der Waals surface area contributed by atoms with Gasteiger partial charge in [-0.25, -0.2) is 0 Å². The van der Waals surface area contributed by atoms with Crippen molar-refractivity contribution in [1.29, 1.82) is 0 Å². The summed E-state index contributed by atoms with van der Waals surface area (Å²) in [6.45, 7) is 2.74. The highest BCUT2D eigenvalue weighted by atomic mass is 16.6. The van der Waals surface area contributed by atoms with Crippen LogP contribution in [0, 0.1) is 0 Å². The summed E-state index contributed by atoms with van der Waals surface area (Å²) in [5, 5.41) is 3.37. The molecule has 0 spiro atoms. The lowest BCUT2D eigenvalue weighted by atomic mass is 10.1. The number of esters is 1. The fourth-order valence-corrected chi connectivity index (χ4v) is 2.04. The molecule has 1 fully saturated rings. The predicted molar refractivity (Wildman–Crippen MR) is 68.0 cm³/mol. The molecule has 18 heavy (non-hydrogen) atoms. The third kappa shape index (κ3) is 3.55. The number of epoxide rings is 1. The summed E-state index contributed by atoms with van der Waals surface area (Å²) in [6, 6.07) is 10.1. The minimum Gasteiger partial charge on any atom is -0.469 e. The van der Waals surface area contributed by atoms with Crippen LogP contribution in [0.25, 0.3) is 0 Å². The molecular formula is C14H19NO3. The summed E-state index contributed by atoms with van der Waals surface area (Å²) in [7, 11) is 1.41. The van der Waals surface area contributed by atoms with Gasteiger partial charge in [0.1, 0.15) is 0 Å². The minimum absolute atomic E-state index is 0.0210. The van der Waals surface area contributed by atoms with Crippen molar-refractivity contribution >= 4 is 5.97 Å². The van der Waals surface area contributed by atoms with Crippen LogP contribution in [0.4, 0.5) is 0 Å². The molecule has 0 radical (unpaired) electrons. The number of benzene rings is 1. The van der Waals surface area contributed by atoms with E-state index in [1.807, 2.05) is 25.1 Å². The number of carbonyl (C=O) groups excluding carboxylic acids is 1. The van der Waals surface area contributed by atoms with Gasteiger partial charge in [0.25, 0.3) is 0 Å². The molecule has 3 atom stereocenters. The maximum Gasteiger partial charge on any atom is 0.307 e. The lowest BCUT2D eigenvalue weighted by molar-refractivity contribution is -0.141. The Morgan fingerprint density at radius 3 is 2.67 bits per heavy atom. The molecule has 1 aliphatic rings. The van der Waals surface area contributed by atoms with Crippen LogP contribution in [0.3, 0.4) is 0 Å². The average molecular weight is 249 g/mol. The van der Waals surface area contributed by atoms with Gasteiger partial charge >= 0.3 is 5.97 Å². The smallest absolute Gasteiger partial charge is 0.307 e. The quantitative estimate of drug-likeness (QED) is 0.613. The van der Waals surface area contributed by atoms with Gasteiger partial charge in [0.15, 0.2) is 0 Å². The summed E-state index contributed by atoms with van der Waals surface area (Å²) in [6.07, 6.45) is 0.689. The van der Waals surface area contributed by atoms with E-state index in [9.17, 15) is 4.79 Å². The molecule has 2 rings (SSSR count). The van der Waals surface area contributed by atoms with Crippen molar-refractivity contribution in [2.24, 2.45) is 0 Å². The van der Waals surface area contributed by atoms with Crippen LogP contribution in [0.5, 0.6) is 0 Å². The molecule has 0 aliphatic carbocycles. The Balaban J connectivity index is 1.87. The number of methoxy groups -OCH3 is 1. The lowest BCUT2D eigenvalue weighted by Crippen LogP contribution is -2.36. The molecule has 1 aromatic rings. The van der Waals surface area contributed by atoms with Crippen LogP contribution in [0.2, 0.25) is 0 Å². The van der Waals surface area contributed by atoms with E-state index in [0.29, 0.717) is 6.42 Å². The first-order valence-corrected chi connectivity index (χ1v) is 6.20. The largest absolute Gasteiger partial charge is 0.469 e. The van der Waals surface area contributed by atoms with Gasteiger partial charge in [0, 0.05) is 12.6 Å². The highest BCUT2D eigenvalue weighted by Crippen LogP contribution is 2.26. The first-order chi connectivity index (χ1) is 8.70. The van der Waals surface area contributed by atoms with E-state index >= 15 is 0 Å². The Kier molecular flexibility index (Phi) is 4.33. The third-order valence-electron chi connectivity index (χ3n) is 3.18. The highest BCUT2D eigenvalue weighted by molar-refractivity contribution is 5.70. The first kappa shape index (κ1) is 13.1. The molecule has 0 saturated carbocycles. The molecule has 1 saturated heterocycles. The molecule has 0 amide bonds. The summed E-state index contributed by atoms with van der Waals surface area (Å²) >= 11 is 0. The van der Waals surface area contributed by atoms with Crippen LogP contribution in [0.1, 0.15) is 18.9 Å². The van der Waals surface area contributed by atoms with Crippen LogP contribution < -0.4 is 5.32 Å². The van der Waals surface area contributed by atoms with E-state index in [1.54, 1.807) is 0 Å². The van der Waals surface area contributed by atoms with E-state index in [0.717, 1.165) is 6.54 Å². The lowest BCUT2D eigenvalue weighted by Gasteiger charge is -2.15. The Bertz CT molecular complexity index is 393. The van der Waals surface area contributed by atoms with Crippen molar-refractivity contribution < 1.29 is 14.3 Å². The second-order valence-electron chi connectivity index (χ2n) is 4.56. The molecule has 0 aromatic heterocycles. The van der Waals surface area contributed by atoms with E-state index in [-0.39, 0.29) is 24.2 Å². The summed E-state index contributed by atoms with van der Waals surface area (Å²) in [4.78, 5) is 11.4. The zero-order valence-corrected chi connectivity index (χ0v) is 10.8. The standard InChI is InChI=1S/C14H19NO3/c1-10-14(18-10)12(8-13(16)17-2)15-9-11-6-4-3-5-7-11/h3-7,10,12,14-15H,8-9H2,1-2H3/t10-,12+,14+/m0/s1. The second kappa shape index (κ2) is 5.98. The normalized spacial score (nSPS) is 23.4. The first-order valence-electron chi connectivity index (χ1n) is 6.20. The Morgan fingerprint density at radius 1 is 1.44 bits per heavy atom. The van der Waals surface area contributed by atoms with Crippen molar-refractivity contribution in [2.45, 2.75) is 38.1 Å². The minimum atomic E-state index is -0.205. The van der Waals surface area contributed by atoms with Crippen LogP contribution in [-0.2, 0) is 20.8 Å². The second-order valence-corrected chi connectivity index (χ2v) is 4.56. The molecule has 1 aromatic carbocycles. The monoisotopic (exact) mass is 249 g/mol. The van der Waals surface area contributed by atoms with E-state index in [1.165, 1.54) is 12.7 Å². The topological polar surface area (TPSA) is 50.9 Å². The van der Waals surface area contributed by atoms with E-state index in [4.69, 9.17) is 9.47 Å². The summed E-state index contributed by atoms with van der Waals surface area (Å²) in [5.41, 5.74) is 1.20. The molecule has 0 bridgehead atoms. The summed E-state index contributed by atoms with van der Waals surface area (Å²) < 4.78 is 10.2. The van der Waals surface area contributed by atoms with Gasteiger partial charge in [-0.2, -0.15) is 0 Å². The number of hydrogen-bond donors (Lipinski definition) is 1. The SMILES string of the molecule is COC(=O)C[C@@H](NCc1ccccc1)[C@@H]1O[C@H]1C. The van der Waals surface area contributed by atoms with Crippen LogP contribution >= 0.6 is 0 Å². The number of nitrogens with one attached hydrogen (secondary N) is 1. The molecule has 1 aliphatic heterocycles. The fourth-order valence-electron chi connectivity index (χ4n) is 2.04. The maximum atomic E-state index is 11.4. The number of carbonyl (C=O) groups is 1. The Hall–Kier alpha value is -1.39. The van der Waals surface area contributed by atoms with Gasteiger partial charge < -0.3 is 14.8 Å². The molecule has 1 N–H and O–H groups in total. The average Bonchev–Trinajstić information content (AvgIpc) is 3.12. The highest BCUT2D eigenvalue weighted by Gasteiger charge is 2.42. The van der Waals surface area contributed by atoms with Gasteiger partial charge in [-0.15, -0.1) is 0 Å². The van der Waals surface area contributed by atoms with E-state index in [2.05, 4.69) is 17.4 Å². The molecule has 4 heteroatoms. The molecule has 4 nitrogen and oxygen atoms in total. The van der Waals surface area contributed by atoms with Gasteiger partial charge in [0.2, 0.25) is 0 Å². The van der Waals surface area contributed by atoms with Crippen molar-refractivity contribution in [2.75, 3.05) is 7.11 Å². The number of ether oxygens (including phenoxy) is 2. The molecule has 0 unspecified atom stereocenters. The number of hydrogen-bond acceptors (Lipinski definition) is 4. The van der Waals surface area contributed by atoms with Gasteiger partial charge in [-0.3, -0.25) is 4.79 Å². The molecular weight excluding hydrogens is 230 g/mol. The Morgan fingerprint density at radius 2 is 2.11 bits per heavy atom. The summed E-state index contributed by atoms with van der Waals surface area (Å²) in [5.74, 6) is -0.205. The van der Waals surface area contributed by atoms with Crippen molar-refractivity contribution in [1.82, 2.24) is 5.32 Å². The van der Waals surface area contributed by atoms with Gasteiger partial charge in [-0.05, 0) is 12.5 Å². The van der Waals surface area contributed by atoms with Crippen molar-refractivity contribution in [3.8, 4) is 0 Å². The van der Waals surface area contributed by atoms with E-state index < -0.39 is 0 Å². The maximum absolute atomic E-state index is 11.4. The van der Waals surface area contributed by atoms with Crippen molar-refractivity contribution in [3.05, 3.63) is 35.9 Å².